The predicted molar refractivity (Wildman–Crippen MR) is 73.1 cm³/mol. The second-order valence-electron chi connectivity index (χ2n) is 5.42. The number of hydrogen-bond donors (Lipinski definition) is 1. The fourth-order valence-corrected chi connectivity index (χ4v) is 3.57. The minimum absolute atomic E-state index is 0.0560. The first-order valence-corrected chi connectivity index (χ1v) is 8.72. The molecule has 9 heteroatoms. The summed E-state index contributed by atoms with van der Waals surface area (Å²) in [6, 6.07) is 0. The van der Waals surface area contributed by atoms with Gasteiger partial charge in [-0.05, 0) is 12.8 Å². The van der Waals surface area contributed by atoms with Gasteiger partial charge < -0.3 is 14.7 Å². The van der Waals surface area contributed by atoms with Gasteiger partial charge in [0.2, 0.25) is 15.9 Å². The first-order valence-electron chi connectivity index (χ1n) is 6.87. The summed E-state index contributed by atoms with van der Waals surface area (Å²) in [5.41, 5.74) is 0. The lowest BCUT2D eigenvalue weighted by molar-refractivity contribution is -0.160. The molecule has 120 valence electrons. The van der Waals surface area contributed by atoms with Crippen LogP contribution >= 0.6 is 0 Å². The lowest BCUT2D eigenvalue weighted by atomic mass is 9.96. The average Bonchev–Trinajstić information content (AvgIpc) is 2.46. The molecule has 1 amide bonds. The van der Waals surface area contributed by atoms with Crippen LogP contribution in [0, 0.1) is 5.92 Å². The Morgan fingerprint density at radius 2 is 1.81 bits per heavy atom. The van der Waals surface area contributed by atoms with Crippen molar-refractivity contribution >= 4 is 21.9 Å². The molecule has 0 aliphatic carbocycles. The van der Waals surface area contributed by atoms with Gasteiger partial charge in [-0.3, -0.25) is 4.79 Å². The molecule has 0 radical (unpaired) electrons. The number of aliphatic carboxylic acids is 1. The van der Waals surface area contributed by atoms with Crippen LogP contribution in [0.3, 0.4) is 0 Å². The van der Waals surface area contributed by atoms with E-state index in [-0.39, 0.29) is 25.0 Å². The Morgan fingerprint density at radius 1 is 1.19 bits per heavy atom. The van der Waals surface area contributed by atoms with Crippen LogP contribution in [0.5, 0.6) is 0 Å². The molecular formula is C12H20N2O6S. The Balaban J connectivity index is 1.91. The zero-order valence-corrected chi connectivity index (χ0v) is 12.7. The molecule has 1 unspecified atom stereocenters. The fraction of sp³-hybridized carbons (Fsp3) is 0.833. The summed E-state index contributed by atoms with van der Waals surface area (Å²) in [5.74, 6) is -1.41. The summed E-state index contributed by atoms with van der Waals surface area (Å²) in [6.07, 6.45) is 1.13. The number of ether oxygens (including phenoxy) is 1. The van der Waals surface area contributed by atoms with Crippen molar-refractivity contribution in [3.63, 3.8) is 0 Å². The molecule has 2 aliphatic rings. The molecule has 21 heavy (non-hydrogen) atoms. The summed E-state index contributed by atoms with van der Waals surface area (Å²) in [7, 11) is -3.21. The van der Waals surface area contributed by atoms with Crippen LogP contribution in [-0.4, -0.2) is 79.8 Å². The van der Waals surface area contributed by atoms with Crippen LogP contribution in [-0.2, 0) is 24.3 Å². The maximum absolute atomic E-state index is 12.4. The standard InChI is InChI=1S/C12H20N2O6S/c1-21(18,19)14-4-2-9(3-5-14)11(15)13-6-7-20-10(8-13)12(16)17/h9-10H,2-8H2,1H3,(H,16,17). The number of carbonyl (C=O) groups excluding carboxylic acids is 1. The molecule has 1 N–H and O–H groups in total. The van der Waals surface area contributed by atoms with Gasteiger partial charge in [-0.2, -0.15) is 0 Å². The molecule has 2 aliphatic heterocycles. The van der Waals surface area contributed by atoms with Crippen molar-refractivity contribution in [3.05, 3.63) is 0 Å². The topological polar surface area (TPSA) is 104 Å². The molecular weight excluding hydrogens is 300 g/mol. The van der Waals surface area contributed by atoms with Crippen molar-refractivity contribution in [2.45, 2.75) is 18.9 Å². The Morgan fingerprint density at radius 3 is 2.33 bits per heavy atom. The van der Waals surface area contributed by atoms with E-state index in [4.69, 9.17) is 9.84 Å². The van der Waals surface area contributed by atoms with E-state index in [2.05, 4.69) is 0 Å². The summed E-state index contributed by atoms with van der Waals surface area (Å²) in [6.45, 7) is 1.32. The molecule has 1 atom stereocenters. The van der Waals surface area contributed by atoms with Gasteiger partial charge in [-0.25, -0.2) is 17.5 Å². The maximum Gasteiger partial charge on any atom is 0.334 e. The second kappa shape index (κ2) is 6.29. The van der Waals surface area contributed by atoms with Crippen molar-refractivity contribution in [3.8, 4) is 0 Å². The van der Waals surface area contributed by atoms with Crippen LogP contribution in [0.15, 0.2) is 0 Å². The van der Waals surface area contributed by atoms with E-state index in [9.17, 15) is 18.0 Å². The molecule has 0 aromatic carbocycles. The third kappa shape index (κ3) is 3.92. The number of sulfonamides is 1. The number of nitrogens with zero attached hydrogens (tertiary/aromatic N) is 2. The lowest BCUT2D eigenvalue weighted by Gasteiger charge is -2.36. The fourth-order valence-electron chi connectivity index (χ4n) is 2.69. The first-order chi connectivity index (χ1) is 9.79. The van der Waals surface area contributed by atoms with Crippen LogP contribution in [0.1, 0.15) is 12.8 Å². The van der Waals surface area contributed by atoms with Crippen LogP contribution in [0.25, 0.3) is 0 Å². The zero-order chi connectivity index (χ0) is 15.6. The van der Waals surface area contributed by atoms with E-state index in [1.54, 1.807) is 0 Å². The molecule has 2 heterocycles. The highest BCUT2D eigenvalue weighted by Crippen LogP contribution is 2.22. The van der Waals surface area contributed by atoms with Crippen molar-refractivity contribution in [1.82, 2.24) is 9.21 Å². The smallest absolute Gasteiger partial charge is 0.334 e. The quantitative estimate of drug-likeness (QED) is 0.713. The number of piperidine rings is 1. The summed E-state index contributed by atoms with van der Waals surface area (Å²) < 4.78 is 29.3. The lowest BCUT2D eigenvalue weighted by Crippen LogP contribution is -2.51. The van der Waals surface area contributed by atoms with E-state index in [0.717, 1.165) is 6.26 Å². The number of carboxylic acids is 1. The first kappa shape index (κ1) is 16.2. The third-order valence-electron chi connectivity index (χ3n) is 3.93. The second-order valence-corrected chi connectivity index (χ2v) is 7.40. The maximum atomic E-state index is 12.4. The van der Waals surface area contributed by atoms with E-state index < -0.39 is 22.1 Å². The van der Waals surface area contributed by atoms with Gasteiger partial charge in [0.1, 0.15) is 0 Å². The van der Waals surface area contributed by atoms with Gasteiger partial charge in [0.05, 0.1) is 19.4 Å². The molecule has 0 spiro atoms. The van der Waals surface area contributed by atoms with Crippen molar-refractivity contribution < 1.29 is 27.9 Å². The van der Waals surface area contributed by atoms with E-state index in [0.29, 0.717) is 32.5 Å². The largest absolute Gasteiger partial charge is 0.479 e. The van der Waals surface area contributed by atoms with E-state index in [1.807, 2.05) is 0 Å². The highest BCUT2D eigenvalue weighted by atomic mass is 32.2. The number of hydrogen-bond acceptors (Lipinski definition) is 5. The van der Waals surface area contributed by atoms with Crippen molar-refractivity contribution in [1.29, 1.82) is 0 Å². The van der Waals surface area contributed by atoms with E-state index in [1.165, 1.54) is 9.21 Å². The minimum Gasteiger partial charge on any atom is -0.479 e. The van der Waals surface area contributed by atoms with Gasteiger partial charge in [0, 0.05) is 25.6 Å². The van der Waals surface area contributed by atoms with Gasteiger partial charge in [0.25, 0.3) is 0 Å². The Bertz CT molecular complexity index is 512. The Hall–Kier alpha value is -1.19. The molecule has 0 bridgehead atoms. The minimum atomic E-state index is -3.21. The SMILES string of the molecule is CS(=O)(=O)N1CCC(C(=O)N2CCOC(C(=O)O)C2)CC1. The normalized spacial score (nSPS) is 25.8. The average molecular weight is 320 g/mol. The number of rotatable bonds is 3. The van der Waals surface area contributed by atoms with Gasteiger partial charge >= 0.3 is 5.97 Å². The number of carbonyl (C=O) groups is 2. The summed E-state index contributed by atoms with van der Waals surface area (Å²) in [5, 5.41) is 8.94. The number of carboxylic acid groups (broad SMARTS) is 1. The zero-order valence-electron chi connectivity index (χ0n) is 11.9. The highest BCUT2D eigenvalue weighted by Gasteiger charge is 2.35. The number of morpholine rings is 1. The van der Waals surface area contributed by atoms with E-state index >= 15 is 0 Å². The van der Waals surface area contributed by atoms with Crippen molar-refractivity contribution in [2.24, 2.45) is 5.92 Å². The highest BCUT2D eigenvalue weighted by molar-refractivity contribution is 7.88. The van der Waals surface area contributed by atoms with Crippen LogP contribution < -0.4 is 0 Å². The monoisotopic (exact) mass is 320 g/mol. The molecule has 2 fully saturated rings. The Kier molecular flexibility index (Phi) is 4.84. The Labute approximate surface area is 123 Å². The molecule has 0 aromatic rings. The summed E-state index contributed by atoms with van der Waals surface area (Å²) in [4.78, 5) is 24.8. The van der Waals surface area contributed by atoms with Gasteiger partial charge in [0.15, 0.2) is 6.10 Å². The van der Waals surface area contributed by atoms with Crippen LogP contribution in [0.2, 0.25) is 0 Å². The predicted octanol–water partition coefficient (Wildman–Crippen LogP) is -1.03. The number of amides is 1. The van der Waals surface area contributed by atoms with Gasteiger partial charge in [-0.15, -0.1) is 0 Å². The van der Waals surface area contributed by atoms with Crippen LogP contribution in [0.4, 0.5) is 0 Å². The van der Waals surface area contributed by atoms with Crippen molar-refractivity contribution in [2.75, 3.05) is 39.0 Å². The summed E-state index contributed by atoms with van der Waals surface area (Å²) >= 11 is 0. The molecule has 2 saturated heterocycles. The third-order valence-corrected chi connectivity index (χ3v) is 5.23. The van der Waals surface area contributed by atoms with Gasteiger partial charge in [-0.1, -0.05) is 0 Å². The molecule has 8 nitrogen and oxygen atoms in total. The molecule has 0 saturated carbocycles. The molecule has 0 aromatic heterocycles. The molecule has 2 rings (SSSR count).